The first-order valence-electron chi connectivity index (χ1n) is 13.0. The number of carboxylic acids is 3. The number of carboxylic acid groups (broad SMARTS) is 3. The van der Waals surface area contributed by atoms with Crippen molar-refractivity contribution in [3.63, 3.8) is 0 Å². The first-order chi connectivity index (χ1) is 20.0. The molecule has 0 saturated heterocycles. The van der Waals surface area contributed by atoms with E-state index >= 15 is 0 Å². The van der Waals surface area contributed by atoms with Gasteiger partial charge in [0.05, 0.1) is 0 Å². The van der Waals surface area contributed by atoms with Crippen LogP contribution in [0.3, 0.4) is 0 Å². The standard InChI is InChI=1S/C33H30O9/c1-19-31(22-4-10-25(11-5-22)40-16-28(34)35)20(2)33(24-8-14-27(15-9-24)42-18-30(38)39)21(3)32(19)23-6-12-26(13-7-23)41-17-29(36)37/h4-15H,16-18H2,1-3H3,(H,34,35)(H,36,37)(H,38,39). The smallest absolute Gasteiger partial charge is 0.341 e. The van der Waals surface area contributed by atoms with Crippen molar-refractivity contribution >= 4 is 17.9 Å². The lowest BCUT2D eigenvalue weighted by atomic mass is 9.81. The normalized spacial score (nSPS) is 10.6. The molecule has 4 aromatic rings. The molecule has 0 radical (unpaired) electrons. The molecule has 42 heavy (non-hydrogen) atoms. The summed E-state index contributed by atoms with van der Waals surface area (Å²) in [5, 5.41) is 26.8. The highest BCUT2D eigenvalue weighted by Crippen LogP contribution is 2.44. The van der Waals surface area contributed by atoms with Crippen LogP contribution >= 0.6 is 0 Å². The summed E-state index contributed by atoms with van der Waals surface area (Å²) in [5.41, 5.74) is 8.79. The molecule has 0 aliphatic heterocycles. The summed E-state index contributed by atoms with van der Waals surface area (Å²) in [6.45, 7) is 4.82. The number of rotatable bonds is 12. The van der Waals surface area contributed by atoms with Crippen LogP contribution in [0.25, 0.3) is 33.4 Å². The van der Waals surface area contributed by atoms with E-state index in [4.69, 9.17) is 29.5 Å². The Morgan fingerprint density at radius 1 is 0.452 bits per heavy atom. The molecule has 0 unspecified atom stereocenters. The summed E-state index contributed by atoms with van der Waals surface area (Å²) in [5.74, 6) is -1.85. The first kappa shape index (κ1) is 29.7. The fraction of sp³-hybridized carbons (Fsp3) is 0.182. The minimum atomic E-state index is -1.06. The lowest BCUT2D eigenvalue weighted by Crippen LogP contribution is -2.09. The maximum Gasteiger partial charge on any atom is 0.341 e. The quantitative estimate of drug-likeness (QED) is 0.187. The van der Waals surface area contributed by atoms with E-state index in [2.05, 4.69) is 0 Å². The van der Waals surface area contributed by atoms with E-state index in [1.54, 1.807) is 36.4 Å². The molecule has 0 saturated carbocycles. The second-order valence-electron chi connectivity index (χ2n) is 9.62. The Labute approximate surface area is 242 Å². The lowest BCUT2D eigenvalue weighted by Gasteiger charge is -2.24. The van der Waals surface area contributed by atoms with E-state index in [9.17, 15) is 14.4 Å². The van der Waals surface area contributed by atoms with Gasteiger partial charge in [-0.15, -0.1) is 0 Å². The van der Waals surface area contributed by atoms with E-state index in [0.717, 1.165) is 50.1 Å². The Balaban J connectivity index is 1.84. The van der Waals surface area contributed by atoms with Gasteiger partial charge < -0.3 is 29.5 Å². The monoisotopic (exact) mass is 570 g/mol. The molecule has 0 aliphatic carbocycles. The fourth-order valence-corrected chi connectivity index (χ4v) is 5.11. The van der Waals surface area contributed by atoms with Gasteiger partial charge in [-0.25, -0.2) is 14.4 Å². The highest BCUT2D eigenvalue weighted by atomic mass is 16.5. The van der Waals surface area contributed by atoms with Gasteiger partial charge in [-0.1, -0.05) is 36.4 Å². The Hall–Kier alpha value is -5.31. The van der Waals surface area contributed by atoms with Crippen LogP contribution in [0.1, 0.15) is 16.7 Å². The van der Waals surface area contributed by atoms with Crippen molar-refractivity contribution in [2.75, 3.05) is 19.8 Å². The Bertz CT molecular complexity index is 1390. The van der Waals surface area contributed by atoms with E-state index in [0.29, 0.717) is 17.2 Å². The highest BCUT2D eigenvalue weighted by molar-refractivity contribution is 5.91. The maximum absolute atomic E-state index is 10.9. The predicted molar refractivity (Wildman–Crippen MR) is 156 cm³/mol. The third-order valence-electron chi connectivity index (χ3n) is 6.77. The number of benzene rings is 4. The third-order valence-corrected chi connectivity index (χ3v) is 6.77. The molecule has 0 amide bonds. The molecule has 9 heteroatoms. The molecule has 0 aliphatic rings. The minimum Gasteiger partial charge on any atom is -0.482 e. The van der Waals surface area contributed by atoms with Crippen LogP contribution in [0, 0.1) is 20.8 Å². The molecular formula is C33H30O9. The number of carbonyl (C=O) groups is 3. The van der Waals surface area contributed by atoms with Crippen molar-refractivity contribution < 1.29 is 43.9 Å². The summed E-state index contributed by atoms with van der Waals surface area (Å²) in [7, 11) is 0. The van der Waals surface area contributed by atoms with Gasteiger partial charge in [-0.2, -0.15) is 0 Å². The Morgan fingerprint density at radius 3 is 0.857 bits per heavy atom. The third kappa shape index (κ3) is 6.87. The van der Waals surface area contributed by atoms with Crippen molar-refractivity contribution in [3.05, 3.63) is 89.5 Å². The molecule has 9 nitrogen and oxygen atoms in total. The van der Waals surface area contributed by atoms with Crippen LogP contribution in [0.4, 0.5) is 0 Å². The topological polar surface area (TPSA) is 140 Å². The summed E-state index contributed by atoms with van der Waals surface area (Å²) in [4.78, 5) is 32.7. The zero-order chi connectivity index (χ0) is 30.4. The van der Waals surface area contributed by atoms with E-state index in [1.807, 2.05) is 57.2 Å². The molecule has 0 heterocycles. The van der Waals surface area contributed by atoms with Gasteiger partial charge in [-0.05, 0) is 107 Å². The molecule has 4 rings (SSSR count). The average molecular weight is 571 g/mol. The van der Waals surface area contributed by atoms with Gasteiger partial charge in [0.2, 0.25) is 0 Å². The second-order valence-corrected chi connectivity index (χ2v) is 9.62. The fourth-order valence-electron chi connectivity index (χ4n) is 5.11. The van der Waals surface area contributed by atoms with Crippen LogP contribution in [0.2, 0.25) is 0 Å². The second kappa shape index (κ2) is 12.9. The predicted octanol–water partition coefficient (Wildman–Crippen LogP) is 6.00. The van der Waals surface area contributed by atoms with Crippen molar-refractivity contribution in [1.29, 1.82) is 0 Å². The summed E-state index contributed by atoms with van der Waals surface area (Å²) >= 11 is 0. The molecule has 3 N–H and O–H groups in total. The average Bonchev–Trinajstić information content (AvgIpc) is 2.95. The van der Waals surface area contributed by atoms with Gasteiger partial charge in [0.1, 0.15) is 17.2 Å². The van der Waals surface area contributed by atoms with Crippen molar-refractivity contribution in [3.8, 4) is 50.6 Å². The van der Waals surface area contributed by atoms with Gasteiger partial charge >= 0.3 is 17.9 Å². The molecule has 0 atom stereocenters. The minimum absolute atomic E-state index is 0.436. The molecule has 0 fully saturated rings. The Morgan fingerprint density at radius 2 is 0.667 bits per heavy atom. The van der Waals surface area contributed by atoms with Crippen molar-refractivity contribution in [2.24, 2.45) is 0 Å². The van der Waals surface area contributed by atoms with Gasteiger partial charge in [0.25, 0.3) is 0 Å². The molecular weight excluding hydrogens is 540 g/mol. The number of aliphatic carboxylic acids is 3. The van der Waals surface area contributed by atoms with E-state index in [-0.39, 0.29) is 0 Å². The van der Waals surface area contributed by atoms with E-state index < -0.39 is 37.7 Å². The largest absolute Gasteiger partial charge is 0.482 e. The number of hydrogen-bond donors (Lipinski definition) is 3. The highest BCUT2D eigenvalue weighted by Gasteiger charge is 2.21. The summed E-state index contributed by atoms with van der Waals surface area (Å²) in [6, 6.07) is 21.8. The summed E-state index contributed by atoms with van der Waals surface area (Å²) in [6.07, 6.45) is 0. The zero-order valence-electron chi connectivity index (χ0n) is 23.3. The van der Waals surface area contributed by atoms with Crippen molar-refractivity contribution in [1.82, 2.24) is 0 Å². The van der Waals surface area contributed by atoms with Crippen LogP contribution in [0.5, 0.6) is 17.2 Å². The first-order valence-corrected chi connectivity index (χ1v) is 13.0. The number of hydrogen-bond acceptors (Lipinski definition) is 6. The zero-order valence-corrected chi connectivity index (χ0v) is 23.3. The van der Waals surface area contributed by atoms with Crippen LogP contribution in [-0.4, -0.2) is 53.0 Å². The summed E-state index contributed by atoms with van der Waals surface area (Å²) < 4.78 is 16.0. The van der Waals surface area contributed by atoms with Gasteiger partial charge in [0.15, 0.2) is 19.8 Å². The maximum atomic E-state index is 10.9. The van der Waals surface area contributed by atoms with E-state index in [1.165, 1.54) is 0 Å². The van der Waals surface area contributed by atoms with Gasteiger partial charge in [-0.3, -0.25) is 0 Å². The van der Waals surface area contributed by atoms with Crippen LogP contribution in [-0.2, 0) is 14.4 Å². The molecule has 0 bridgehead atoms. The molecule has 216 valence electrons. The van der Waals surface area contributed by atoms with Crippen LogP contribution < -0.4 is 14.2 Å². The number of ether oxygens (including phenoxy) is 3. The SMILES string of the molecule is Cc1c(-c2ccc(OCC(=O)O)cc2)c(C)c(-c2ccc(OCC(=O)O)cc2)c(C)c1-c1ccc(OCC(=O)O)cc1. The molecule has 4 aromatic carbocycles. The van der Waals surface area contributed by atoms with Gasteiger partial charge in [0, 0.05) is 0 Å². The van der Waals surface area contributed by atoms with Crippen LogP contribution in [0.15, 0.2) is 72.8 Å². The lowest BCUT2D eigenvalue weighted by molar-refractivity contribution is -0.140. The molecule has 0 spiro atoms. The Kier molecular flexibility index (Phi) is 9.12. The van der Waals surface area contributed by atoms with Crippen molar-refractivity contribution in [2.45, 2.75) is 20.8 Å². The molecule has 0 aromatic heterocycles.